The van der Waals surface area contributed by atoms with Crippen molar-refractivity contribution in [2.24, 2.45) is 0 Å². The second-order valence-electron chi connectivity index (χ2n) is 7.46. The van der Waals surface area contributed by atoms with Gasteiger partial charge in [-0.05, 0) is 41.5 Å². The number of carbonyl (C=O) groups is 2. The molecule has 2 unspecified atom stereocenters. The Morgan fingerprint density at radius 2 is 1.80 bits per heavy atom. The van der Waals surface area contributed by atoms with Gasteiger partial charge in [0.2, 0.25) is 5.91 Å². The smallest absolute Gasteiger partial charge is 0.262 e. The first-order valence-corrected chi connectivity index (χ1v) is 10.1. The molecule has 3 aromatic carbocycles. The number of nitrogens with one attached hydrogen (secondary N) is 2. The molecular weight excluding hydrogens is 378 g/mol. The normalized spacial score (nSPS) is 16.3. The maximum Gasteiger partial charge on any atom is 0.262 e. The van der Waals surface area contributed by atoms with Crippen LogP contribution in [0.3, 0.4) is 0 Å². The lowest BCUT2D eigenvalue weighted by Crippen LogP contribution is -2.50. The molecule has 0 saturated heterocycles. The molecule has 1 aliphatic rings. The minimum atomic E-state index is -0.657. The van der Waals surface area contributed by atoms with Crippen molar-refractivity contribution in [3.05, 3.63) is 72.3 Å². The molecule has 1 heterocycles. The zero-order chi connectivity index (χ0) is 21.1. The summed E-state index contributed by atoms with van der Waals surface area (Å²) in [7, 11) is 1.58. The Kier molecular flexibility index (Phi) is 5.57. The van der Waals surface area contributed by atoms with E-state index in [1.807, 2.05) is 54.3 Å². The molecule has 2 amide bonds. The fourth-order valence-electron chi connectivity index (χ4n) is 3.78. The molecule has 6 nitrogen and oxygen atoms in total. The molecule has 154 valence electrons. The monoisotopic (exact) mass is 403 g/mol. The molecule has 0 saturated carbocycles. The lowest BCUT2D eigenvalue weighted by Gasteiger charge is -2.35. The van der Waals surface area contributed by atoms with Gasteiger partial charge in [-0.25, -0.2) is 0 Å². The van der Waals surface area contributed by atoms with Gasteiger partial charge in [-0.1, -0.05) is 48.5 Å². The number of hydrogen-bond acceptors (Lipinski definition) is 4. The third-order valence-corrected chi connectivity index (χ3v) is 5.39. The van der Waals surface area contributed by atoms with E-state index in [1.165, 1.54) is 5.39 Å². The molecule has 1 aliphatic heterocycles. The van der Waals surface area contributed by atoms with Crippen molar-refractivity contribution < 1.29 is 14.3 Å². The van der Waals surface area contributed by atoms with Gasteiger partial charge in [0, 0.05) is 7.05 Å². The molecule has 0 aromatic heterocycles. The van der Waals surface area contributed by atoms with Crippen molar-refractivity contribution in [2.75, 3.05) is 25.0 Å². The first-order chi connectivity index (χ1) is 14.5. The number of fused-ring (bicyclic) bond motifs is 2. The van der Waals surface area contributed by atoms with Crippen LogP contribution in [0, 0.1) is 0 Å². The number of ether oxygens (including phenoxy) is 1. The number of para-hydroxylation sites is 2. The van der Waals surface area contributed by atoms with Crippen molar-refractivity contribution >= 4 is 28.3 Å². The number of benzene rings is 3. The summed E-state index contributed by atoms with van der Waals surface area (Å²) in [4.78, 5) is 26.8. The quantitative estimate of drug-likeness (QED) is 0.687. The van der Waals surface area contributed by atoms with Crippen molar-refractivity contribution in [3.8, 4) is 5.75 Å². The summed E-state index contributed by atoms with van der Waals surface area (Å²) in [5, 5.41) is 8.01. The van der Waals surface area contributed by atoms with Gasteiger partial charge in [0.25, 0.3) is 5.91 Å². The molecule has 30 heavy (non-hydrogen) atoms. The first-order valence-electron chi connectivity index (χ1n) is 10.1. The summed E-state index contributed by atoms with van der Waals surface area (Å²) < 4.78 is 5.80. The van der Waals surface area contributed by atoms with Crippen LogP contribution in [0.15, 0.2) is 66.7 Å². The predicted molar refractivity (Wildman–Crippen MR) is 118 cm³/mol. The first kappa shape index (κ1) is 19.8. The van der Waals surface area contributed by atoms with Crippen molar-refractivity contribution in [3.63, 3.8) is 0 Å². The summed E-state index contributed by atoms with van der Waals surface area (Å²) >= 11 is 0. The van der Waals surface area contributed by atoms with Crippen LogP contribution in [0.4, 0.5) is 5.69 Å². The Morgan fingerprint density at radius 1 is 1.07 bits per heavy atom. The summed E-state index contributed by atoms with van der Waals surface area (Å²) in [6.07, 6.45) is -0.657. The van der Waals surface area contributed by atoms with Crippen LogP contribution in [0.1, 0.15) is 18.5 Å². The van der Waals surface area contributed by atoms with E-state index in [0.717, 1.165) is 16.6 Å². The maximum absolute atomic E-state index is 12.8. The second kappa shape index (κ2) is 8.45. The highest BCUT2D eigenvalue weighted by atomic mass is 16.5. The highest BCUT2D eigenvalue weighted by Crippen LogP contribution is 2.33. The van der Waals surface area contributed by atoms with Crippen LogP contribution < -0.4 is 20.3 Å². The summed E-state index contributed by atoms with van der Waals surface area (Å²) in [6, 6.07) is 21.7. The predicted octanol–water partition coefficient (Wildman–Crippen LogP) is 3.03. The van der Waals surface area contributed by atoms with Crippen LogP contribution >= 0.6 is 0 Å². The van der Waals surface area contributed by atoms with Crippen molar-refractivity contribution in [1.82, 2.24) is 10.6 Å². The molecule has 2 atom stereocenters. The van der Waals surface area contributed by atoms with Gasteiger partial charge < -0.3 is 20.3 Å². The molecule has 2 N–H and O–H groups in total. The highest BCUT2D eigenvalue weighted by molar-refractivity contribution is 5.86. The molecule has 4 rings (SSSR count). The molecule has 0 radical (unpaired) electrons. The molecule has 0 fully saturated rings. The van der Waals surface area contributed by atoms with Gasteiger partial charge >= 0.3 is 0 Å². The Labute approximate surface area is 175 Å². The largest absolute Gasteiger partial charge is 0.477 e. The van der Waals surface area contributed by atoms with Gasteiger partial charge in [-0.2, -0.15) is 0 Å². The van der Waals surface area contributed by atoms with Crippen molar-refractivity contribution in [1.29, 1.82) is 0 Å². The van der Waals surface area contributed by atoms with E-state index < -0.39 is 6.10 Å². The van der Waals surface area contributed by atoms with Gasteiger partial charge in [0.15, 0.2) is 6.10 Å². The van der Waals surface area contributed by atoms with Crippen LogP contribution in [-0.2, 0) is 9.59 Å². The number of rotatable bonds is 5. The van der Waals surface area contributed by atoms with Crippen LogP contribution in [-0.4, -0.2) is 38.1 Å². The van der Waals surface area contributed by atoms with E-state index in [4.69, 9.17) is 4.74 Å². The fourth-order valence-corrected chi connectivity index (χ4v) is 3.78. The van der Waals surface area contributed by atoms with E-state index in [9.17, 15) is 9.59 Å². The summed E-state index contributed by atoms with van der Waals surface area (Å²) in [5.74, 6) is 0.287. The Hall–Kier alpha value is -3.54. The number of likely N-dealkylation sites (N-methyl/N-ethyl adjacent to an activating group) is 1. The fraction of sp³-hybridized carbons (Fsp3) is 0.250. The third-order valence-electron chi connectivity index (χ3n) is 5.39. The van der Waals surface area contributed by atoms with Crippen LogP contribution in [0.5, 0.6) is 5.75 Å². The van der Waals surface area contributed by atoms with Gasteiger partial charge in [-0.3, -0.25) is 9.59 Å². The average molecular weight is 403 g/mol. The molecular formula is C24H25N3O3. The maximum atomic E-state index is 12.8. The molecule has 6 heteroatoms. The van der Waals surface area contributed by atoms with Crippen LogP contribution in [0.2, 0.25) is 0 Å². The van der Waals surface area contributed by atoms with E-state index in [0.29, 0.717) is 12.3 Å². The average Bonchev–Trinajstić information content (AvgIpc) is 2.78. The van der Waals surface area contributed by atoms with Crippen LogP contribution in [0.25, 0.3) is 10.8 Å². The number of amides is 2. The summed E-state index contributed by atoms with van der Waals surface area (Å²) in [5.41, 5.74) is 1.86. The standard InChI is InChI=1S/C24H25N3O3/c1-16(18-12-11-17-7-3-4-8-19(17)13-18)26-23(28)15-27-14-22(24(29)25-2)30-21-10-6-5-9-20(21)27/h3-13,16,22H,14-15H2,1-2H3,(H,25,29)(H,26,28). The second-order valence-corrected chi connectivity index (χ2v) is 7.46. The minimum Gasteiger partial charge on any atom is -0.477 e. The molecule has 0 spiro atoms. The number of nitrogens with zero attached hydrogens (tertiary/aromatic N) is 1. The Morgan fingerprint density at radius 3 is 2.60 bits per heavy atom. The molecule has 0 aliphatic carbocycles. The van der Waals surface area contributed by atoms with Gasteiger partial charge in [-0.15, -0.1) is 0 Å². The van der Waals surface area contributed by atoms with E-state index in [1.54, 1.807) is 7.05 Å². The SMILES string of the molecule is CNC(=O)C1CN(CC(=O)NC(C)c2ccc3ccccc3c2)c2ccccc2O1. The Balaban J connectivity index is 1.47. The topological polar surface area (TPSA) is 70.7 Å². The molecule has 3 aromatic rings. The zero-order valence-corrected chi connectivity index (χ0v) is 17.1. The summed E-state index contributed by atoms with van der Waals surface area (Å²) in [6.45, 7) is 2.43. The lowest BCUT2D eigenvalue weighted by molar-refractivity contribution is -0.127. The van der Waals surface area contributed by atoms with E-state index >= 15 is 0 Å². The van der Waals surface area contributed by atoms with E-state index in [-0.39, 0.29) is 24.4 Å². The van der Waals surface area contributed by atoms with E-state index in [2.05, 4.69) is 34.9 Å². The Bertz CT molecular complexity index is 1080. The van der Waals surface area contributed by atoms with Gasteiger partial charge in [0.05, 0.1) is 24.8 Å². The number of anilines is 1. The minimum absolute atomic E-state index is 0.108. The van der Waals surface area contributed by atoms with Gasteiger partial charge in [0.1, 0.15) is 5.75 Å². The number of carbonyl (C=O) groups excluding carboxylic acids is 2. The number of hydrogen-bond donors (Lipinski definition) is 2. The van der Waals surface area contributed by atoms with Crippen molar-refractivity contribution in [2.45, 2.75) is 19.1 Å². The zero-order valence-electron chi connectivity index (χ0n) is 17.1. The molecule has 0 bridgehead atoms. The lowest BCUT2D eigenvalue weighted by atomic mass is 10.0. The third kappa shape index (κ3) is 4.08. The highest BCUT2D eigenvalue weighted by Gasteiger charge is 2.31.